The SMILES string of the molecule is Cc1cc(C)cc(NCCNC(=O)C(N)CCCCN)c1. The van der Waals surface area contributed by atoms with Crippen molar-refractivity contribution in [2.24, 2.45) is 11.5 Å². The molecule has 0 radical (unpaired) electrons. The molecule has 1 aromatic carbocycles. The van der Waals surface area contributed by atoms with E-state index in [9.17, 15) is 4.79 Å². The van der Waals surface area contributed by atoms with Crippen molar-refractivity contribution in [2.75, 3.05) is 25.0 Å². The standard InChI is InChI=1S/C16H28N4O/c1-12-9-13(2)11-14(10-12)19-7-8-20-16(21)15(18)5-3-4-6-17/h9-11,15,19H,3-8,17-18H2,1-2H3,(H,20,21). The second-order valence-corrected chi connectivity index (χ2v) is 5.49. The van der Waals surface area contributed by atoms with Gasteiger partial charge in [0.1, 0.15) is 0 Å². The van der Waals surface area contributed by atoms with E-state index in [1.807, 2.05) is 0 Å². The average molecular weight is 292 g/mol. The Morgan fingerprint density at radius 1 is 1.14 bits per heavy atom. The Morgan fingerprint density at radius 3 is 2.43 bits per heavy atom. The van der Waals surface area contributed by atoms with E-state index in [4.69, 9.17) is 11.5 Å². The molecule has 0 spiro atoms. The van der Waals surface area contributed by atoms with E-state index < -0.39 is 6.04 Å². The zero-order valence-electron chi connectivity index (χ0n) is 13.1. The van der Waals surface area contributed by atoms with Crippen molar-refractivity contribution in [3.63, 3.8) is 0 Å². The van der Waals surface area contributed by atoms with Crippen molar-refractivity contribution >= 4 is 11.6 Å². The van der Waals surface area contributed by atoms with Crippen molar-refractivity contribution in [3.8, 4) is 0 Å². The summed E-state index contributed by atoms with van der Waals surface area (Å²) in [5.41, 5.74) is 14.8. The summed E-state index contributed by atoms with van der Waals surface area (Å²) < 4.78 is 0. The van der Waals surface area contributed by atoms with Crippen LogP contribution in [0.3, 0.4) is 0 Å². The van der Waals surface area contributed by atoms with Crippen LogP contribution in [0.25, 0.3) is 0 Å². The molecule has 5 heteroatoms. The Morgan fingerprint density at radius 2 is 1.81 bits per heavy atom. The number of amides is 1. The van der Waals surface area contributed by atoms with Crippen LogP contribution in [0.1, 0.15) is 30.4 Å². The van der Waals surface area contributed by atoms with Gasteiger partial charge in [-0.3, -0.25) is 4.79 Å². The second kappa shape index (κ2) is 9.37. The largest absolute Gasteiger partial charge is 0.383 e. The van der Waals surface area contributed by atoms with Crippen molar-refractivity contribution < 1.29 is 4.79 Å². The minimum Gasteiger partial charge on any atom is -0.383 e. The molecular formula is C16H28N4O. The van der Waals surface area contributed by atoms with E-state index in [0.717, 1.165) is 18.5 Å². The van der Waals surface area contributed by atoms with Gasteiger partial charge in [0.25, 0.3) is 0 Å². The molecule has 0 aliphatic heterocycles. The van der Waals surface area contributed by atoms with Crippen LogP contribution in [0, 0.1) is 13.8 Å². The monoisotopic (exact) mass is 292 g/mol. The summed E-state index contributed by atoms with van der Waals surface area (Å²) in [5.74, 6) is -0.0887. The molecule has 0 saturated heterocycles. The molecule has 0 bridgehead atoms. The summed E-state index contributed by atoms with van der Waals surface area (Å²) in [6.07, 6.45) is 2.49. The molecule has 21 heavy (non-hydrogen) atoms. The van der Waals surface area contributed by atoms with Crippen LogP contribution in [0.4, 0.5) is 5.69 Å². The summed E-state index contributed by atoms with van der Waals surface area (Å²) in [5, 5.41) is 6.15. The van der Waals surface area contributed by atoms with E-state index in [0.29, 0.717) is 26.1 Å². The number of carbonyl (C=O) groups is 1. The Labute approximate surface area is 127 Å². The van der Waals surface area contributed by atoms with Gasteiger partial charge in [-0.05, 0) is 56.5 Å². The van der Waals surface area contributed by atoms with Gasteiger partial charge in [0, 0.05) is 18.8 Å². The first-order chi connectivity index (χ1) is 10.0. The normalized spacial score (nSPS) is 12.0. The lowest BCUT2D eigenvalue weighted by Crippen LogP contribution is -2.42. The van der Waals surface area contributed by atoms with Gasteiger partial charge >= 0.3 is 0 Å². The lowest BCUT2D eigenvalue weighted by molar-refractivity contribution is -0.122. The zero-order chi connectivity index (χ0) is 15.7. The molecule has 6 N–H and O–H groups in total. The predicted molar refractivity (Wildman–Crippen MR) is 88.3 cm³/mol. The quantitative estimate of drug-likeness (QED) is 0.516. The third-order valence-corrected chi connectivity index (χ3v) is 3.28. The Kier molecular flexibility index (Phi) is 7.79. The number of aryl methyl sites for hydroxylation is 2. The number of rotatable bonds is 9. The van der Waals surface area contributed by atoms with Gasteiger partial charge in [0.2, 0.25) is 5.91 Å². The third kappa shape index (κ3) is 7.11. The molecule has 0 heterocycles. The maximum Gasteiger partial charge on any atom is 0.236 e. The first kappa shape index (κ1) is 17.5. The first-order valence-electron chi connectivity index (χ1n) is 7.58. The summed E-state index contributed by atoms with van der Waals surface area (Å²) >= 11 is 0. The number of hydrogen-bond donors (Lipinski definition) is 4. The van der Waals surface area contributed by atoms with Gasteiger partial charge in [-0.1, -0.05) is 12.5 Å². The van der Waals surface area contributed by atoms with Crippen LogP contribution in [0.2, 0.25) is 0 Å². The summed E-state index contributed by atoms with van der Waals surface area (Å²) in [6.45, 7) is 6.04. The number of anilines is 1. The third-order valence-electron chi connectivity index (χ3n) is 3.28. The fourth-order valence-electron chi connectivity index (χ4n) is 2.24. The second-order valence-electron chi connectivity index (χ2n) is 5.49. The molecule has 0 aromatic heterocycles. The number of carbonyl (C=O) groups excluding carboxylic acids is 1. The van der Waals surface area contributed by atoms with Crippen molar-refractivity contribution in [3.05, 3.63) is 29.3 Å². The molecule has 1 rings (SSSR count). The van der Waals surface area contributed by atoms with Crippen LogP contribution in [0.5, 0.6) is 0 Å². The van der Waals surface area contributed by atoms with Crippen LogP contribution in [-0.4, -0.2) is 31.6 Å². The number of benzene rings is 1. The Balaban J connectivity index is 2.22. The lowest BCUT2D eigenvalue weighted by Gasteiger charge is -2.13. The van der Waals surface area contributed by atoms with Crippen molar-refractivity contribution in [1.29, 1.82) is 0 Å². The highest BCUT2D eigenvalue weighted by Gasteiger charge is 2.11. The molecule has 118 valence electrons. The molecule has 0 fully saturated rings. The fraction of sp³-hybridized carbons (Fsp3) is 0.562. The number of nitrogens with one attached hydrogen (secondary N) is 2. The van der Waals surface area contributed by atoms with Crippen molar-refractivity contribution in [1.82, 2.24) is 5.32 Å². The number of unbranched alkanes of at least 4 members (excludes halogenated alkanes) is 1. The van der Waals surface area contributed by atoms with E-state index in [2.05, 4.69) is 42.7 Å². The van der Waals surface area contributed by atoms with E-state index >= 15 is 0 Å². The maximum absolute atomic E-state index is 11.8. The molecule has 0 saturated carbocycles. The fourth-order valence-corrected chi connectivity index (χ4v) is 2.24. The molecule has 5 nitrogen and oxygen atoms in total. The zero-order valence-corrected chi connectivity index (χ0v) is 13.1. The summed E-state index contributed by atoms with van der Waals surface area (Å²) in [7, 11) is 0. The highest BCUT2D eigenvalue weighted by atomic mass is 16.2. The van der Waals surface area contributed by atoms with Gasteiger partial charge in [-0.2, -0.15) is 0 Å². The van der Waals surface area contributed by atoms with E-state index in [1.165, 1.54) is 11.1 Å². The highest BCUT2D eigenvalue weighted by Crippen LogP contribution is 2.13. The Hall–Kier alpha value is -1.59. The van der Waals surface area contributed by atoms with Crippen LogP contribution < -0.4 is 22.1 Å². The topological polar surface area (TPSA) is 93.2 Å². The lowest BCUT2D eigenvalue weighted by atomic mass is 10.1. The summed E-state index contributed by atoms with van der Waals surface area (Å²) in [4.78, 5) is 11.8. The van der Waals surface area contributed by atoms with Gasteiger partial charge in [-0.15, -0.1) is 0 Å². The summed E-state index contributed by atoms with van der Waals surface area (Å²) in [6, 6.07) is 5.88. The minimum absolute atomic E-state index is 0.0887. The van der Waals surface area contributed by atoms with E-state index in [-0.39, 0.29) is 5.91 Å². The van der Waals surface area contributed by atoms with Crippen molar-refractivity contribution in [2.45, 2.75) is 39.2 Å². The highest BCUT2D eigenvalue weighted by molar-refractivity contribution is 5.81. The number of hydrogen-bond acceptors (Lipinski definition) is 4. The van der Waals surface area contributed by atoms with Gasteiger partial charge < -0.3 is 22.1 Å². The molecule has 1 amide bonds. The molecule has 1 atom stereocenters. The number of nitrogens with two attached hydrogens (primary N) is 2. The van der Waals surface area contributed by atoms with Gasteiger partial charge in [0.15, 0.2) is 0 Å². The minimum atomic E-state index is -0.433. The van der Waals surface area contributed by atoms with Gasteiger partial charge in [-0.25, -0.2) is 0 Å². The molecule has 1 unspecified atom stereocenters. The Bertz CT molecular complexity index is 428. The first-order valence-corrected chi connectivity index (χ1v) is 7.58. The maximum atomic E-state index is 11.8. The predicted octanol–water partition coefficient (Wildman–Crippen LogP) is 1.29. The molecule has 0 aliphatic carbocycles. The van der Waals surface area contributed by atoms with E-state index in [1.54, 1.807) is 0 Å². The van der Waals surface area contributed by atoms with Crippen LogP contribution in [0.15, 0.2) is 18.2 Å². The molecule has 1 aromatic rings. The average Bonchev–Trinajstić information content (AvgIpc) is 2.42. The molecule has 0 aliphatic rings. The van der Waals surface area contributed by atoms with Gasteiger partial charge in [0.05, 0.1) is 6.04 Å². The van der Waals surface area contributed by atoms with Crippen LogP contribution in [-0.2, 0) is 4.79 Å². The smallest absolute Gasteiger partial charge is 0.236 e. The molecular weight excluding hydrogens is 264 g/mol. The van der Waals surface area contributed by atoms with Crippen LogP contribution >= 0.6 is 0 Å².